The second-order valence-corrected chi connectivity index (χ2v) is 4.58. The quantitative estimate of drug-likeness (QED) is 0.621. The van der Waals surface area contributed by atoms with Crippen molar-refractivity contribution in [3.05, 3.63) is 35.2 Å². The summed E-state index contributed by atoms with van der Waals surface area (Å²) < 4.78 is 15.8. The van der Waals surface area contributed by atoms with E-state index in [1.807, 2.05) is 0 Å². The van der Waals surface area contributed by atoms with Crippen LogP contribution in [-0.2, 0) is 0 Å². The fourth-order valence-electron chi connectivity index (χ4n) is 1.91. The predicted octanol–water partition coefficient (Wildman–Crippen LogP) is 1.51. The fourth-order valence-corrected chi connectivity index (χ4v) is 1.91. The van der Waals surface area contributed by atoms with Crippen LogP contribution >= 0.6 is 0 Å². The van der Waals surface area contributed by atoms with Gasteiger partial charge < -0.3 is 14.2 Å². The molecule has 0 aliphatic rings. The lowest BCUT2D eigenvalue weighted by Crippen LogP contribution is -2.18. The Kier molecular flexibility index (Phi) is 5.19. The molecule has 1 heterocycles. The normalized spacial score (nSPS) is 10.6. The highest BCUT2D eigenvalue weighted by molar-refractivity contribution is 5.94. The van der Waals surface area contributed by atoms with Gasteiger partial charge in [-0.05, 0) is 13.0 Å². The van der Waals surface area contributed by atoms with E-state index in [2.05, 4.69) is 20.7 Å². The van der Waals surface area contributed by atoms with Crippen LogP contribution in [0.4, 0.5) is 0 Å². The van der Waals surface area contributed by atoms with Crippen molar-refractivity contribution >= 4 is 12.1 Å². The molecule has 0 atom stereocenters. The van der Waals surface area contributed by atoms with Crippen LogP contribution in [0.5, 0.6) is 17.2 Å². The molecule has 0 saturated heterocycles. The van der Waals surface area contributed by atoms with Crippen LogP contribution in [0.2, 0.25) is 0 Å². The molecule has 2 rings (SSSR count). The van der Waals surface area contributed by atoms with E-state index in [9.17, 15) is 4.79 Å². The molecule has 23 heavy (non-hydrogen) atoms. The van der Waals surface area contributed by atoms with Crippen LogP contribution in [0.3, 0.4) is 0 Å². The van der Waals surface area contributed by atoms with Gasteiger partial charge in [0.25, 0.3) is 5.91 Å². The average molecular weight is 318 g/mol. The largest absolute Gasteiger partial charge is 0.496 e. The minimum Gasteiger partial charge on any atom is -0.496 e. The molecular weight excluding hydrogens is 300 g/mol. The van der Waals surface area contributed by atoms with Gasteiger partial charge in [0.15, 0.2) is 5.69 Å². The number of aryl methyl sites for hydroxylation is 1. The summed E-state index contributed by atoms with van der Waals surface area (Å²) in [5.41, 5.74) is 4.02. The molecule has 1 amide bonds. The molecule has 0 bridgehead atoms. The third kappa shape index (κ3) is 3.79. The van der Waals surface area contributed by atoms with E-state index in [0.717, 1.165) is 5.69 Å². The number of carbonyl (C=O) groups excluding carboxylic acids is 1. The van der Waals surface area contributed by atoms with Crippen molar-refractivity contribution in [1.82, 2.24) is 15.6 Å². The van der Waals surface area contributed by atoms with Gasteiger partial charge in [-0.25, -0.2) is 5.43 Å². The van der Waals surface area contributed by atoms with Crippen molar-refractivity contribution in [2.24, 2.45) is 5.10 Å². The third-order valence-corrected chi connectivity index (χ3v) is 3.05. The molecule has 2 N–H and O–H groups in total. The molecule has 0 saturated carbocycles. The number of nitrogens with one attached hydrogen (secondary N) is 2. The van der Waals surface area contributed by atoms with E-state index >= 15 is 0 Å². The Bertz CT molecular complexity index is 699. The van der Waals surface area contributed by atoms with Gasteiger partial charge in [0.1, 0.15) is 17.2 Å². The van der Waals surface area contributed by atoms with Crippen molar-refractivity contribution in [2.75, 3.05) is 21.3 Å². The Morgan fingerprint density at radius 2 is 1.83 bits per heavy atom. The molecule has 0 spiro atoms. The molecule has 1 aromatic heterocycles. The van der Waals surface area contributed by atoms with Crippen LogP contribution in [0.15, 0.2) is 23.3 Å². The van der Waals surface area contributed by atoms with E-state index in [-0.39, 0.29) is 5.69 Å². The number of hydrogen-bond acceptors (Lipinski definition) is 6. The van der Waals surface area contributed by atoms with Crippen molar-refractivity contribution in [3.63, 3.8) is 0 Å². The lowest BCUT2D eigenvalue weighted by Gasteiger charge is -2.12. The summed E-state index contributed by atoms with van der Waals surface area (Å²) in [4.78, 5) is 11.9. The van der Waals surface area contributed by atoms with Gasteiger partial charge in [0.2, 0.25) is 0 Å². The van der Waals surface area contributed by atoms with Crippen molar-refractivity contribution in [1.29, 1.82) is 0 Å². The number of ether oxygens (including phenoxy) is 3. The molecule has 122 valence electrons. The second kappa shape index (κ2) is 7.30. The maximum Gasteiger partial charge on any atom is 0.291 e. The van der Waals surface area contributed by atoms with Crippen LogP contribution in [-0.4, -0.2) is 43.6 Å². The minimum atomic E-state index is -0.419. The molecule has 0 aliphatic carbocycles. The van der Waals surface area contributed by atoms with Crippen LogP contribution in [0, 0.1) is 6.92 Å². The predicted molar refractivity (Wildman–Crippen MR) is 84.5 cm³/mol. The van der Waals surface area contributed by atoms with Crippen molar-refractivity contribution < 1.29 is 19.0 Å². The summed E-state index contributed by atoms with van der Waals surface area (Å²) in [6, 6.07) is 5.02. The van der Waals surface area contributed by atoms with Gasteiger partial charge in [0.05, 0.1) is 33.1 Å². The molecule has 0 unspecified atom stereocenters. The Balaban J connectivity index is 2.19. The highest BCUT2D eigenvalue weighted by Crippen LogP contribution is 2.32. The standard InChI is InChI=1S/C15H18N4O4/c1-9-5-12(18-17-9)15(20)19-16-8-11-13(22-3)6-10(21-2)7-14(11)23-4/h5-8H,1-4H3,(H,17,18)(H,19,20)/b16-8-. The number of hydrogen-bond donors (Lipinski definition) is 2. The van der Waals surface area contributed by atoms with Gasteiger partial charge >= 0.3 is 0 Å². The SMILES string of the molecule is COc1cc(OC)c(/C=N\NC(=O)c2cc(C)[nH]n2)c(OC)c1. The van der Waals surface area contributed by atoms with Gasteiger partial charge in [-0.15, -0.1) is 0 Å². The molecule has 0 fully saturated rings. The first-order valence-corrected chi connectivity index (χ1v) is 6.74. The molecule has 0 radical (unpaired) electrons. The topological polar surface area (TPSA) is 97.8 Å². The van der Waals surface area contributed by atoms with Crippen LogP contribution < -0.4 is 19.6 Å². The van der Waals surface area contributed by atoms with E-state index in [4.69, 9.17) is 14.2 Å². The van der Waals surface area contributed by atoms with Crippen LogP contribution in [0.25, 0.3) is 0 Å². The zero-order valence-corrected chi connectivity index (χ0v) is 13.3. The smallest absolute Gasteiger partial charge is 0.291 e. The molecule has 0 aliphatic heterocycles. The molecule has 2 aromatic rings. The first-order chi connectivity index (χ1) is 11.1. The minimum absolute atomic E-state index is 0.258. The average Bonchev–Trinajstić information content (AvgIpc) is 3.01. The second-order valence-electron chi connectivity index (χ2n) is 4.58. The molecule has 8 nitrogen and oxygen atoms in total. The third-order valence-electron chi connectivity index (χ3n) is 3.05. The zero-order chi connectivity index (χ0) is 16.8. The summed E-state index contributed by atoms with van der Waals surface area (Å²) >= 11 is 0. The number of methoxy groups -OCH3 is 3. The van der Waals surface area contributed by atoms with Gasteiger partial charge in [-0.2, -0.15) is 10.2 Å². The summed E-state index contributed by atoms with van der Waals surface area (Å²) in [6.45, 7) is 1.81. The first-order valence-electron chi connectivity index (χ1n) is 6.74. The number of amides is 1. The maximum atomic E-state index is 11.9. The molecule has 8 heteroatoms. The summed E-state index contributed by atoms with van der Waals surface area (Å²) in [5, 5.41) is 10.5. The number of H-pyrrole nitrogens is 1. The Hall–Kier alpha value is -3.03. The summed E-state index contributed by atoms with van der Waals surface area (Å²) in [7, 11) is 4.60. The van der Waals surface area contributed by atoms with E-state index in [1.54, 1.807) is 32.2 Å². The number of nitrogens with zero attached hydrogens (tertiary/aromatic N) is 2. The zero-order valence-electron chi connectivity index (χ0n) is 13.3. The van der Waals surface area contributed by atoms with E-state index in [0.29, 0.717) is 22.8 Å². The fraction of sp³-hybridized carbons (Fsp3) is 0.267. The molecule has 1 aromatic carbocycles. The molecular formula is C15H18N4O4. The number of benzene rings is 1. The summed E-state index contributed by atoms with van der Waals surface area (Å²) in [6.07, 6.45) is 1.44. The Morgan fingerprint density at radius 1 is 1.17 bits per heavy atom. The number of hydrazone groups is 1. The number of rotatable bonds is 6. The van der Waals surface area contributed by atoms with E-state index < -0.39 is 5.91 Å². The van der Waals surface area contributed by atoms with Gasteiger partial charge in [0, 0.05) is 17.8 Å². The van der Waals surface area contributed by atoms with E-state index in [1.165, 1.54) is 20.4 Å². The Labute approximate surface area is 133 Å². The monoisotopic (exact) mass is 318 g/mol. The van der Waals surface area contributed by atoms with Gasteiger partial charge in [-0.3, -0.25) is 9.89 Å². The summed E-state index contributed by atoms with van der Waals surface area (Å²) in [5.74, 6) is 1.19. The highest BCUT2D eigenvalue weighted by atomic mass is 16.5. The first kappa shape index (κ1) is 16.3. The lowest BCUT2D eigenvalue weighted by atomic mass is 10.2. The number of aromatic amines is 1. The Morgan fingerprint density at radius 3 is 2.30 bits per heavy atom. The van der Waals surface area contributed by atoms with Crippen molar-refractivity contribution in [2.45, 2.75) is 6.92 Å². The van der Waals surface area contributed by atoms with Crippen LogP contribution in [0.1, 0.15) is 21.7 Å². The van der Waals surface area contributed by atoms with Gasteiger partial charge in [-0.1, -0.05) is 0 Å². The highest BCUT2D eigenvalue weighted by Gasteiger charge is 2.12. The maximum absolute atomic E-state index is 11.9. The number of aromatic nitrogens is 2. The number of carbonyl (C=O) groups is 1. The lowest BCUT2D eigenvalue weighted by molar-refractivity contribution is 0.0950. The van der Waals surface area contributed by atoms with Crippen molar-refractivity contribution in [3.8, 4) is 17.2 Å².